The van der Waals surface area contributed by atoms with E-state index in [1.807, 2.05) is 43.4 Å². The standard InChI is InChI=1S/C16H17BrClNO/c1-19-10-16(13-4-8-15(18)9-5-13)20-11-12-2-6-14(17)7-3-12/h2-9,16,19H,10-11H2,1H3. The van der Waals surface area contributed by atoms with Gasteiger partial charge in [0.15, 0.2) is 0 Å². The molecule has 2 aromatic rings. The maximum absolute atomic E-state index is 6.01. The van der Waals surface area contributed by atoms with Crippen molar-refractivity contribution in [3.05, 3.63) is 69.2 Å². The number of nitrogens with one attached hydrogen (secondary N) is 1. The predicted octanol–water partition coefficient (Wildman–Crippen LogP) is 4.58. The minimum atomic E-state index is 0.0147. The first kappa shape index (κ1) is 15.5. The van der Waals surface area contributed by atoms with Crippen molar-refractivity contribution in [3.63, 3.8) is 0 Å². The molecule has 4 heteroatoms. The Balaban J connectivity index is 2.02. The average molecular weight is 355 g/mol. The van der Waals surface area contributed by atoms with Crippen molar-refractivity contribution in [3.8, 4) is 0 Å². The zero-order valence-electron chi connectivity index (χ0n) is 11.3. The van der Waals surface area contributed by atoms with E-state index in [0.717, 1.165) is 27.2 Å². The van der Waals surface area contributed by atoms with Gasteiger partial charge in [-0.2, -0.15) is 0 Å². The third-order valence-corrected chi connectivity index (χ3v) is 3.78. The molecule has 0 aliphatic heterocycles. The Labute approximate surface area is 133 Å². The summed E-state index contributed by atoms with van der Waals surface area (Å²) in [7, 11) is 1.92. The van der Waals surface area contributed by atoms with Crippen molar-refractivity contribution in [2.75, 3.05) is 13.6 Å². The zero-order valence-corrected chi connectivity index (χ0v) is 13.6. The maximum Gasteiger partial charge on any atom is 0.0953 e. The van der Waals surface area contributed by atoms with Gasteiger partial charge in [-0.15, -0.1) is 0 Å². The molecule has 0 fully saturated rings. The lowest BCUT2D eigenvalue weighted by Gasteiger charge is -2.18. The molecule has 0 aromatic heterocycles. The highest BCUT2D eigenvalue weighted by molar-refractivity contribution is 9.10. The summed E-state index contributed by atoms with van der Waals surface area (Å²) in [4.78, 5) is 0. The van der Waals surface area contributed by atoms with Gasteiger partial charge in [0, 0.05) is 16.0 Å². The molecule has 2 aromatic carbocycles. The van der Waals surface area contributed by atoms with E-state index in [2.05, 4.69) is 33.4 Å². The first-order valence-electron chi connectivity index (χ1n) is 6.45. The Morgan fingerprint density at radius 1 is 1.10 bits per heavy atom. The number of likely N-dealkylation sites (N-methyl/N-ethyl adjacent to an activating group) is 1. The topological polar surface area (TPSA) is 21.3 Å². The van der Waals surface area contributed by atoms with E-state index in [-0.39, 0.29) is 6.10 Å². The van der Waals surface area contributed by atoms with E-state index in [1.165, 1.54) is 0 Å². The van der Waals surface area contributed by atoms with Gasteiger partial charge in [0.25, 0.3) is 0 Å². The summed E-state index contributed by atoms with van der Waals surface area (Å²) in [5, 5.41) is 3.90. The number of rotatable bonds is 6. The quantitative estimate of drug-likeness (QED) is 0.820. The average Bonchev–Trinajstić information content (AvgIpc) is 2.46. The molecule has 2 rings (SSSR count). The fraction of sp³-hybridized carbons (Fsp3) is 0.250. The fourth-order valence-corrected chi connectivity index (χ4v) is 2.30. The summed E-state index contributed by atoms with van der Waals surface area (Å²) in [6.45, 7) is 1.35. The number of hydrogen-bond acceptors (Lipinski definition) is 2. The van der Waals surface area contributed by atoms with Gasteiger partial charge in [0.05, 0.1) is 12.7 Å². The van der Waals surface area contributed by atoms with Gasteiger partial charge in [-0.05, 0) is 42.4 Å². The van der Waals surface area contributed by atoms with Crippen molar-refractivity contribution < 1.29 is 4.74 Å². The van der Waals surface area contributed by atoms with Crippen LogP contribution in [-0.2, 0) is 11.3 Å². The molecule has 0 aliphatic rings. The molecule has 0 bridgehead atoms. The maximum atomic E-state index is 6.01. The summed E-state index contributed by atoms with van der Waals surface area (Å²) in [5.74, 6) is 0. The number of hydrogen-bond donors (Lipinski definition) is 1. The van der Waals surface area contributed by atoms with Crippen molar-refractivity contribution in [1.29, 1.82) is 0 Å². The van der Waals surface area contributed by atoms with Gasteiger partial charge in [-0.1, -0.05) is 51.8 Å². The Morgan fingerprint density at radius 2 is 1.75 bits per heavy atom. The van der Waals surface area contributed by atoms with E-state index in [9.17, 15) is 0 Å². The number of ether oxygens (including phenoxy) is 1. The molecule has 0 aliphatic carbocycles. The van der Waals surface area contributed by atoms with Gasteiger partial charge in [-0.25, -0.2) is 0 Å². The first-order chi connectivity index (χ1) is 9.69. The molecule has 0 radical (unpaired) electrons. The molecular formula is C16H17BrClNO. The minimum Gasteiger partial charge on any atom is -0.368 e. The Kier molecular flexibility index (Phi) is 6.05. The molecule has 20 heavy (non-hydrogen) atoms. The summed E-state index contributed by atoms with van der Waals surface area (Å²) >= 11 is 9.35. The molecule has 0 heterocycles. The summed E-state index contributed by atoms with van der Waals surface area (Å²) in [6, 6.07) is 16.0. The molecule has 0 saturated heterocycles. The summed E-state index contributed by atoms with van der Waals surface area (Å²) < 4.78 is 7.09. The highest BCUT2D eigenvalue weighted by Crippen LogP contribution is 2.21. The van der Waals surface area contributed by atoms with Crippen LogP contribution in [0.2, 0.25) is 5.02 Å². The van der Waals surface area contributed by atoms with E-state index >= 15 is 0 Å². The van der Waals surface area contributed by atoms with Crippen LogP contribution in [0.4, 0.5) is 0 Å². The summed E-state index contributed by atoms with van der Waals surface area (Å²) in [6.07, 6.45) is 0.0147. The van der Waals surface area contributed by atoms with Crippen LogP contribution in [-0.4, -0.2) is 13.6 Å². The van der Waals surface area contributed by atoms with Crippen LogP contribution in [0.3, 0.4) is 0 Å². The molecule has 1 N–H and O–H groups in total. The van der Waals surface area contributed by atoms with Crippen LogP contribution in [0.15, 0.2) is 53.0 Å². The van der Waals surface area contributed by atoms with Crippen molar-refractivity contribution in [2.24, 2.45) is 0 Å². The van der Waals surface area contributed by atoms with E-state index in [1.54, 1.807) is 0 Å². The van der Waals surface area contributed by atoms with Gasteiger partial charge >= 0.3 is 0 Å². The lowest BCUT2D eigenvalue weighted by atomic mass is 10.1. The number of benzene rings is 2. The Morgan fingerprint density at radius 3 is 2.35 bits per heavy atom. The highest BCUT2D eigenvalue weighted by atomic mass is 79.9. The van der Waals surface area contributed by atoms with Crippen LogP contribution >= 0.6 is 27.5 Å². The molecule has 1 atom stereocenters. The smallest absolute Gasteiger partial charge is 0.0953 e. The van der Waals surface area contributed by atoms with Crippen LogP contribution in [0.25, 0.3) is 0 Å². The van der Waals surface area contributed by atoms with Gasteiger partial charge in [-0.3, -0.25) is 0 Å². The van der Waals surface area contributed by atoms with Crippen molar-refractivity contribution in [1.82, 2.24) is 5.32 Å². The second-order valence-corrected chi connectivity index (χ2v) is 5.89. The fourth-order valence-electron chi connectivity index (χ4n) is 1.91. The summed E-state index contributed by atoms with van der Waals surface area (Å²) in [5.41, 5.74) is 2.28. The normalized spacial score (nSPS) is 12.3. The SMILES string of the molecule is CNCC(OCc1ccc(Br)cc1)c1ccc(Cl)cc1. The zero-order chi connectivity index (χ0) is 14.4. The van der Waals surface area contributed by atoms with Crippen LogP contribution in [0, 0.1) is 0 Å². The molecule has 0 amide bonds. The molecule has 1 unspecified atom stereocenters. The second-order valence-electron chi connectivity index (χ2n) is 4.54. The lowest BCUT2D eigenvalue weighted by Crippen LogP contribution is -2.19. The monoisotopic (exact) mass is 353 g/mol. The lowest BCUT2D eigenvalue weighted by molar-refractivity contribution is 0.0410. The molecule has 106 valence electrons. The van der Waals surface area contributed by atoms with Crippen LogP contribution in [0.1, 0.15) is 17.2 Å². The van der Waals surface area contributed by atoms with Gasteiger partial charge < -0.3 is 10.1 Å². The van der Waals surface area contributed by atoms with Crippen LogP contribution in [0.5, 0.6) is 0 Å². The largest absolute Gasteiger partial charge is 0.368 e. The molecule has 0 saturated carbocycles. The third kappa shape index (κ3) is 4.60. The predicted molar refractivity (Wildman–Crippen MR) is 87.1 cm³/mol. The van der Waals surface area contributed by atoms with E-state index in [4.69, 9.17) is 16.3 Å². The Hall–Kier alpha value is -0.870. The molecule has 0 spiro atoms. The van der Waals surface area contributed by atoms with Gasteiger partial charge in [0.1, 0.15) is 0 Å². The van der Waals surface area contributed by atoms with Crippen molar-refractivity contribution >= 4 is 27.5 Å². The third-order valence-electron chi connectivity index (χ3n) is 3.00. The molecular weight excluding hydrogens is 338 g/mol. The highest BCUT2D eigenvalue weighted by Gasteiger charge is 2.11. The number of halogens is 2. The first-order valence-corrected chi connectivity index (χ1v) is 7.62. The minimum absolute atomic E-state index is 0.0147. The Bertz CT molecular complexity index is 527. The van der Waals surface area contributed by atoms with E-state index in [0.29, 0.717) is 6.61 Å². The van der Waals surface area contributed by atoms with Gasteiger partial charge in [0.2, 0.25) is 0 Å². The molecule has 2 nitrogen and oxygen atoms in total. The van der Waals surface area contributed by atoms with Crippen molar-refractivity contribution in [2.45, 2.75) is 12.7 Å². The second kappa shape index (κ2) is 7.79. The van der Waals surface area contributed by atoms with E-state index < -0.39 is 0 Å². The van der Waals surface area contributed by atoms with Crippen LogP contribution < -0.4 is 5.32 Å².